The number of hydrogen-bond acceptors (Lipinski definition) is 5. The predicted molar refractivity (Wildman–Crippen MR) is 77.3 cm³/mol. The first-order valence-corrected chi connectivity index (χ1v) is 6.29. The Morgan fingerprint density at radius 3 is 2.57 bits per heavy atom. The summed E-state index contributed by atoms with van der Waals surface area (Å²) in [6.07, 6.45) is 1.56. The van der Waals surface area contributed by atoms with Crippen LogP contribution in [0.3, 0.4) is 0 Å². The molecule has 0 spiro atoms. The Morgan fingerprint density at radius 2 is 2.00 bits per heavy atom. The van der Waals surface area contributed by atoms with Gasteiger partial charge in [0.2, 0.25) is 0 Å². The third kappa shape index (κ3) is 4.10. The lowest BCUT2D eigenvalue weighted by Crippen LogP contribution is -2.31. The molecular formula is C15H16N2O4. The number of furan rings is 1. The number of aliphatic imine (C=N–C) groups is 1. The summed E-state index contributed by atoms with van der Waals surface area (Å²) in [5, 5.41) is 2.59. The first kappa shape index (κ1) is 14.6. The standard InChI is InChI=1S/C15H16N2O4/c1-19-12-7-5-11(6-8-12)14(18)17-15(20-2)16-10-13-4-3-9-21-13/h3-9H,10H2,1-2H3,(H,16,17,18). The second kappa shape index (κ2) is 7.14. The lowest BCUT2D eigenvalue weighted by atomic mass is 10.2. The summed E-state index contributed by atoms with van der Waals surface area (Å²) in [4.78, 5) is 16.2. The van der Waals surface area contributed by atoms with E-state index in [0.717, 1.165) is 0 Å². The minimum atomic E-state index is -0.308. The number of nitrogens with zero attached hydrogens (tertiary/aromatic N) is 1. The first-order valence-electron chi connectivity index (χ1n) is 6.29. The van der Waals surface area contributed by atoms with Gasteiger partial charge in [-0.1, -0.05) is 0 Å². The van der Waals surface area contributed by atoms with Crippen molar-refractivity contribution >= 4 is 11.9 Å². The topological polar surface area (TPSA) is 73.1 Å². The van der Waals surface area contributed by atoms with Gasteiger partial charge < -0.3 is 13.9 Å². The molecule has 0 unspecified atom stereocenters. The quantitative estimate of drug-likeness (QED) is 0.691. The number of nitrogens with one attached hydrogen (secondary N) is 1. The number of carbonyl (C=O) groups excluding carboxylic acids is 1. The van der Waals surface area contributed by atoms with Crippen LogP contribution in [0.2, 0.25) is 0 Å². The summed E-state index contributed by atoms with van der Waals surface area (Å²) in [5.41, 5.74) is 0.485. The van der Waals surface area contributed by atoms with E-state index in [1.165, 1.54) is 7.11 Å². The Labute approximate surface area is 122 Å². The van der Waals surface area contributed by atoms with E-state index in [4.69, 9.17) is 13.9 Å². The minimum absolute atomic E-state index is 0.132. The van der Waals surface area contributed by atoms with Crippen LogP contribution in [0.4, 0.5) is 0 Å². The minimum Gasteiger partial charge on any atom is -0.497 e. The summed E-state index contributed by atoms with van der Waals surface area (Å²) < 4.78 is 15.2. The molecule has 6 heteroatoms. The molecule has 0 fully saturated rings. The fourth-order valence-electron chi connectivity index (χ4n) is 1.62. The van der Waals surface area contributed by atoms with Crippen LogP contribution in [-0.2, 0) is 11.3 Å². The van der Waals surface area contributed by atoms with Crippen molar-refractivity contribution < 1.29 is 18.7 Å². The number of ether oxygens (including phenoxy) is 2. The van der Waals surface area contributed by atoms with Gasteiger partial charge in [0.05, 0.1) is 20.5 Å². The largest absolute Gasteiger partial charge is 0.497 e. The molecule has 2 rings (SSSR count). The monoisotopic (exact) mass is 288 g/mol. The maximum Gasteiger partial charge on any atom is 0.291 e. The fraction of sp³-hybridized carbons (Fsp3) is 0.200. The molecule has 0 radical (unpaired) electrons. The first-order chi connectivity index (χ1) is 10.2. The highest BCUT2D eigenvalue weighted by atomic mass is 16.5. The van der Waals surface area contributed by atoms with Gasteiger partial charge in [0, 0.05) is 5.56 Å². The van der Waals surface area contributed by atoms with Gasteiger partial charge in [0.25, 0.3) is 11.9 Å². The molecule has 1 aromatic heterocycles. The number of hydrogen-bond donors (Lipinski definition) is 1. The van der Waals surface area contributed by atoms with Gasteiger partial charge >= 0.3 is 0 Å². The Balaban J connectivity index is 1.99. The van der Waals surface area contributed by atoms with Crippen molar-refractivity contribution in [2.45, 2.75) is 6.54 Å². The van der Waals surface area contributed by atoms with Crippen LogP contribution < -0.4 is 10.1 Å². The number of amides is 1. The van der Waals surface area contributed by atoms with Crippen molar-refractivity contribution in [2.24, 2.45) is 4.99 Å². The fourth-order valence-corrected chi connectivity index (χ4v) is 1.62. The average molecular weight is 288 g/mol. The average Bonchev–Trinajstić information content (AvgIpc) is 3.04. The molecule has 2 aromatic rings. The summed E-state index contributed by atoms with van der Waals surface area (Å²) >= 11 is 0. The maximum absolute atomic E-state index is 12.0. The van der Waals surface area contributed by atoms with Gasteiger partial charge in [-0.25, -0.2) is 4.99 Å². The summed E-state index contributed by atoms with van der Waals surface area (Å²) in [7, 11) is 3.01. The van der Waals surface area contributed by atoms with Gasteiger partial charge in [0.1, 0.15) is 18.1 Å². The van der Waals surface area contributed by atoms with Crippen molar-refractivity contribution in [3.63, 3.8) is 0 Å². The van der Waals surface area contributed by atoms with Crippen LogP contribution in [0.25, 0.3) is 0 Å². The summed E-state index contributed by atoms with van der Waals surface area (Å²) in [6.45, 7) is 0.291. The number of methoxy groups -OCH3 is 2. The van der Waals surface area contributed by atoms with Crippen LogP contribution in [0.15, 0.2) is 52.1 Å². The molecule has 0 aliphatic rings. The van der Waals surface area contributed by atoms with Gasteiger partial charge in [-0.05, 0) is 36.4 Å². The molecule has 6 nitrogen and oxygen atoms in total. The smallest absolute Gasteiger partial charge is 0.291 e. The zero-order chi connectivity index (χ0) is 15.1. The third-order valence-electron chi connectivity index (χ3n) is 2.72. The van der Waals surface area contributed by atoms with E-state index in [1.54, 1.807) is 49.8 Å². The van der Waals surface area contributed by atoms with E-state index in [1.807, 2.05) is 0 Å². The second-order valence-corrected chi connectivity index (χ2v) is 4.09. The van der Waals surface area contributed by atoms with Gasteiger partial charge in [-0.2, -0.15) is 0 Å². The second-order valence-electron chi connectivity index (χ2n) is 4.09. The zero-order valence-corrected chi connectivity index (χ0v) is 11.8. The van der Waals surface area contributed by atoms with Crippen molar-refractivity contribution in [1.82, 2.24) is 5.32 Å². The molecule has 0 bridgehead atoms. The van der Waals surface area contributed by atoms with Crippen molar-refractivity contribution in [3.8, 4) is 5.75 Å². The molecule has 0 atom stereocenters. The Bertz CT molecular complexity index is 603. The van der Waals surface area contributed by atoms with Gasteiger partial charge in [-0.15, -0.1) is 0 Å². The molecule has 1 aromatic carbocycles. The molecular weight excluding hydrogens is 272 g/mol. The predicted octanol–water partition coefficient (Wildman–Crippen LogP) is 2.22. The molecule has 21 heavy (non-hydrogen) atoms. The molecule has 1 amide bonds. The normalized spacial score (nSPS) is 11.0. The number of amidine groups is 1. The molecule has 0 aliphatic carbocycles. The van der Waals surface area contributed by atoms with Crippen molar-refractivity contribution in [2.75, 3.05) is 14.2 Å². The highest BCUT2D eigenvalue weighted by molar-refractivity contribution is 6.04. The highest BCUT2D eigenvalue weighted by Crippen LogP contribution is 2.11. The van der Waals surface area contributed by atoms with E-state index in [9.17, 15) is 4.79 Å². The van der Waals surface area contributed by atoms with Crippen LogP contribution in [-0.4, -0.2) is 26.1 Å². The van der Waals surface area contributed by atoms with E-state index >= 15 is 0 Å². The lowest BCUT2D eigenvalue weighted by molar-refractivity contribution is 0.0968. The molecule has 0 saturated carbocycles. The van der Waals surface area contributed by atoms with Gasteiger partial charge in [-0.3, -0.25) is 10.1 Å². The van der Waals surface area contributed by atoms with Gasteiger partial charge in [0.15, 0.2) is 0 Å². The van der Waals surface area contributed by atoms with Crippen molar-refractivity contribution in [1.29, 1.82) is 0 Å². The Hall–Kier alpha value is -2.76. The highest BCUT2D eigenvalue weighted by Gasteiger charge is 2.09. The number of carbonyl (C=O) groups is 1. The van der Waals surface area contributed by atoms with Crippen molar-refractivity contribution in [3.05, 3.63) is 54.0 Å². The lowest BCUT2D eigenvalue weighted by Gasteiger charge is -2.07. The van der Waals surface area contributed by atoms with Crippen LogP contribution in [0.1, 0.15) is 16.1 Å². The van der Waals surface area contributed by atoms with Crippen LogP contribution in [0.5, 0.6) is 5.75 Å². The SMILES string of the molecule is COC(=NCc1ccco1)NC(=O)c1ccc(OC)cc1. The van der Waals surface area contributed by atoms with E-state index < -0.39 is 0 Å². The maximum atomic E-state index is 12.0. The third-order valence-corrected chi connectivity index (χ3v) is 2.72. The molecule has 110 valence electrons. The molecule has 1 N–H and O–H groups in total. The van der Waals surface area contributed by atoms with Crippen LogP contribution in [0, 0.1) is 0 Å². The number of rotatable bonds is 4. The molecule has 0 saturated heterocycles. The Kier molecular flexibility index (Phi) is 4.98. The van der Waals surface area contributed by atoms with Crippen LogP contribution >= 0.6 is 0 Å². The summed E-state index contributed by atoms with van der Waals surface area (Å²) in [6, 6.07) is 10.4. The van der Waals surface area contributed by atoms with E-state index in [-0.39, 0.29) is 11.9 Å². The summed E-state index contributed by atoms with van der Waals surface area (Å²) in [5.74, 6) is 1.06. The zero-order valence-electron chi connectivity index (χ0n) is 11.8. The molecule has 0 aliphatic heterocycles. The van der Waals surface area contributed by atoms with E-state index in [2.05, 4.69) is 10.3 Å². The molecule has 1 heterocycles. The Morgan fingerprint density at radius 1 is 1.24 bits per heavy atom. The van der Waals surface area contributed by atoms with E-state index in [0.29, 0.717) is 23.6 Å². The number of benzene rings is 1.